The molecular formula is C19H22N2O2S. The molecule has 0 saturated carbocycles. The average molecular weight is 342 g/mol. The Morgan fingerprint density at radius 1 is 1.21 bits per heavy atom. The third-order valence-electron chi connectivity index (χ3n) is 4.39. The van der Waals surface area contributed by atoms with Crippen molar-refractivity contribution in [3.8, 4) is 0 Å². The van der Waals surface area contributed by atoms with Crippen molar-refractivity contribution < 1.29 is 9.59 Å². The van der Waals surface area contributed by atoms with Gasteiger partial charge in [0.2, 0.25) is 5.91 Å². The third kappa shape index (κ3) is 3.36. The van der Waals surface area contributed by atoms with Crippen LogP contribution in [0.2, 0.25) is 0 Å². The van der Waals surface area contributed by atoms with Crippen molar-refractivity contribution in [2.24, 2.45) is 0 Å². The molecule has 1 saturated heterocycles. The lowest BCUT2D eigenvalue weighted by molar-refractivity contribution is -0.119. The zero-order valence-corrected chi connectivity index (χ0v) is 14.8. The minimum atomic E-state index is -0.389. The predicted octanol–water partition coefficient (Wildman–Crippen LogP) is 4.11. The van der Waals surface area contributed by atoms with Gasteiger partial charge in [-0.1, -0.05) is 38.1 Å². The number of thiophene rings is 1. The second-order valence-corrected chi connectivity index (χ2v) is 7.31. The average Bonchev–Trinajstić information content (AvgIpc) is 3.26. The Hall–Kier alpha value is -2.14. The first-order valence-corrected chi connectivity index (χ1v) is 9.20. The van der Waals surface area contributed by atoms with Crippen molar-refractivity contribution in [2.45, 2.75) is 38.6 Å². The van der Waals surface area contributed by atoms with Gasteiger partial charge >= 0.3 is 0 Å². The molecule has 1 unspecified atom stereocenters. The largest absolute Gasteiger partial charge is 0.326 e. The summed E-state index contributed by atoms with van der Waals surface area (Å²) in [5, 5.41) is 4.92. The van der Waals surface area contributed by atoms with Gasteiger partial charge in [0.1, 0.15) is 6.04 Å². The molecule has 2 amide bonds. The van der Waals surface area contributed by atoms with Crippen LogP contribution in [0.15, 0.2) is 41.8 Å². The number of hydrogen-bond acceptors (Lipinski definition) is 3. The zero-order valence-electron chi connectivity index (χ0n) is 14.0. The Balaban J connectivity index is 1.76. The molecule has 1 N–H and O–H groups in total. The summed E-state index contributed by atoms with van der Waals surface area (Å²) >= 11 is 1.42. The summed E-state index contributed by atoms with van der Waals surface area (Å²) in [6, 6.07) is 11.1. The Morgan fingerprint density at radius 2 is 2.00 bits per heavy atom. The minimum Gasteiger partial charge on any atom is -0.326 e. The molecule has 1 fully saturated rings. The van der Waals surface area contributed by atoms with E-state index in [2.05, 4.69) is 19.2 Å². The second kappa shape index (κ2) is 7.18. The van der Waals surface area contributed by atoms with Crippen molar-refractivity contribution in [1.29, 1.82) is 0 Å². The van der Waals surface area contributed by atoms with Crippen LogP contribution < -0.4 is 5.32 Å². The smallest absolute Gasteiger partial charge is 0.264 e. The Morgan fingerprint density at radius 3 is 2.71 bits per heavy atom. The molecule has 2 heterocycles. The Kier molecular flexibility index (Phi) is 5.00. The van der Waals surface area contributed by atoms with Crippen molar-refractivity contribution in [3.05, 3.63) is 52.2 Å². The van der Waals surface area contributed by atoms with Gasteiger partial charge < -0.3 is 10.2 Å². The maximum Gasteiger partial charge on any atom is 0.264 e. The number of nitrogens with zero attached hydrogens (tertiary/aromatic N) is 1. The van der Waals surface area contributed by atoms with Crippen LogP contribution in [-0.4, -0.2) is 29.3 Å². The lowest BCUT2D eigenvalue weighted by atomic mass is 10.0. The highest BCUT2D eigenvalue weighted by molar-refractivity contribution is 7.12. The van der Waals surface area contributed by atoms with Gasteiger partial charge in [0.15, 0.2) is 0 Å². The number of benzene rings is 1. The Labute approximate surface area is 146 Å². The van der Waals surface area contributed by atoms with E-state index in [9.17, 15) is 9.59 Å². The van der Waals surface area contributed by atoms with Crippen molar-refractivity contribution in [2.75, 3.05) is 11.9 Å². The number of hydrogen-bond donors (Lipinski definition) is 1. The van der Waals surface area contributed by atoms with E-state index in [0.29, 0.717) is 23.8 Å². The predicted molar refractivity (Wildman–Crippen MR) is 97.5 cm³/mol. The molecule has 1 aliphatic rings. The maximum atomic E-state index is 12.8. The minimum absolute atomic E-state index is 0.0419. The van der Waals surface area contributed by atoms with Crippen molar-refractivity contribution in [3.63, 3.8) is 0 Å². The van der Waals surface area contributed by atoms with E-state index in [1.807, 2.05) is 41.8 Å². The second-order valence-electron chi connectivity index (χ2n) is 6.37. The quantitative estimate of drug-likeness (QED) is 0.909. The van der Waals surface area contributed by atoms with Gasteiger partial charge in [-0.2, -0.15) is 0 Å². The van der Waals surface area contributed by atoms with Crippen LogP contribution in [0.25, 0.3) is 0 Å². The van der Waals surface area contributed by atoms with Crippen LogP contribution in [0.4, 0.5) is 5.69 Å². The molecule has 126 valence electrons. The molecule has 1 aromatic heterocycles. The van der Waals surface area contributed by atoms with Gasteiger partial charge in [-0.05, 0) is 41.8 Å². The topological polar surface area (TPSA) is 49.4 Å². The molecule has 3 rings (SSSR count). The fourth-order valence-corrected chi connectivity index (χ4v) is 3.83. The van der Waals surface area contributed by atoms with Crippen LogP contribution in [0.1, 0.15) is 47.8 Å². The molecule has 0 spiro atoms. The van der Waals surface area contributed by atoms with E-state index in [0.717, 1.165) is 17.7 Å². The molecule has 4 nitrogen and oxygen atoms in total. The molecule has 1 aromatic carbocycles. The third-order valence-corrected chi connectivity index (χ3v) is 5.25. The SMILES string of the molecule is CC(C)c1ccccc1NC(=O)C1CCCN1C(=O)c1cccs1. The van der Waals surface area contributed by atoms with E-state index in [1.165, 1.54) is 11.3 Å². The van der Waals surface area contributed by atoms with Gasteiger partial charge in [-0.25, -0.2) is 0 Å². The molecular weight excluding hydrogens is 320 g/mol. The van der Waals surface area contributed by atoms with E-state index in [1.54, 1.807) is 4.90 Å². The number of likely N-dealkylation sites (tertiary alicyclic amines) is 1. The zero-order chi connectivity index (χ0) is 17.1. The van der Waals surface area contributed by atoms with E-state index in [-0.39, 0.29) is 17.9 Å². The standard InChI is InChI=1S/C19H22N2O2S/c1-13(2)14-7-3-4-8-15(14)20-18(22)16-9-5-11-21(16)19(23)17-10-6-12-24-17/h3-4,6-8,10,12-13,16H,5,9,11H2,1-2H3,(H,20,22). The van der Waals surface area contributed by atoms with Gasteiger partial charge in [-0.3, -0.25) is 9.59 Å². The molecule has 1 atom stereocenters. The van der Waals surface area contributed by atoms with Crippen molar-refractivity contribution in [1.82, 2.24) is 4.90 Å². The number of rotatable bonds is 4. The number of nitrogens with one attached hydrogen (secondary N) is 1. The van der Waals surface area contributed by atoms with Crippen LogP contribution >= 0.6 is 11.3 Å². The number of carbonyl (C=O) groups excluding carboxylic acids is 2. The first kappa shape index (κ1) is 16.7. The molecule has 24 heavy (non-hydrogen) atoms. The van der Waals surface area contributed by atoms with Gasteiger partial charge in [0.25, 0.3) is 5.91 Å². The van der Waals surface area contributed by atoms with E-state index in [4.69, 9.17) is 0 Å². The monoisotopic (exact) mass is 342 g/mol. The van der Waals surface area contributed by atoms with Crippen LogP contribution in [-0.2, 0) is 4.79 Å². The number of amides is 2. The van der Waals surface area contributed by atoms with Crippen LogP contribution in [0.5, 0.6) is 0 Å². The van der Waals surface area contributed by atoms with Crippen LogP contribution in [0, 0.1) is 0 Å². The van der Waals surface area contributed by atoms with E-state index >= 15 is 0 Å². The fraction of sp³-hybridized carbons (Fsp3) is 0.368. The highest BCUT2D eigenvalue weighted by Gasteiger charge is 2.35. The summed E-state index contributed by atoms with van der Waals surface area (Å²) in [6.45, 7) is 4.85. The van der Waals surface area contributed by atoms with Gasteiger partial charge in [-0.15, -0.1) is 11.3 Å². The van der Waals surface area contributed by atoms with Crippen LogP contribution in [0.3, 0.4) is 0 Å². The van der Waals surface area contributed by atoms with Gasteiger partial charge in [0, 0.05) is 12.2 Å². The molecule has 0 bridgehead atoms. The summed E-state index contributed by atoms with van der Waals surface area (Å²) in [5.74, 6) is 0.194. The maximum absolute atomic E-state index is 12.8. The summed E-state index contributed by atoms with van der Waals surface area (Å²) in [5.41, 5.74) is 1.95. The lowest BCUT2D eigenvalue weighted by Crippen LogP contribution is -2.43. The first-order valence-electron chi connectivity index (χ1n) is 8.32. The number of para-hydroxylation sites is 1. The molecule has 0 aliphatic carbocycles. The van der Waals surface area contributed by atoms with Gasteiger partial charge in [0.05, 0.1) is 4.88 Å². The summed E-state index contributed by atoms with van der Waals surface area (Å²) in [4.78, 5) is 27.8. The molecule has 5 heteroatoms. The Bertz CT molecular complexity index is 725. The fourth-order valence-electron chi connectivity index (χ4n) is 3.15. The van der Waals surface area contributed by atoms with E-state index < -0.39 is 0 Å². The highest BCUT2D eigenvalue weighted by Crippen LogP contribution is 2.26. The highest BCUT2D eigenvalue weighted by atomic mass is 32.1. The molecule has 1 aliphatic heterocycles. The summed E-state index contributed by atoms with van der Waals surface area (Å²) in [6.07, 6.45) is 1.58. The summed E-state index contributed by atoms with van der Waals surface area (Å²) in [7, 11) is 0. The first-order chi connectivity index (χ1) is 11.6. The lowest BCUT2D eigenvalue weighted by Gasteiger charge is -2.24. The van der Waals surface area contributed by atoms with Crippen molar-refractivity contribution >= 4 is 28.8 Å². The summed E-state index contributed by atoms with van der Waals surface area (Å²) < 4.78 is 0. The molecule has 2 aromatic rings. The molecule has 0 radical (unpaired) electrons. The number of carbonyl (C=O) groups is 2. The number of anilines is 1. The normalized spacial score (nSPS) is 17.3.